The van der Waals surface area contributed by atoms with Gasteiger partial charge in [0.05, 0.1) is 12.2 Å². The van der Waals surface area contributed by atoms with Crippen molar-refractivity contribution >= 4 is 0 Å². The van der Waals surface area contributed by atoms with Crippen molar-refractivity contribution < 1.29 is 9.47 Å². The SMILES string of the molecule is CC(C)(C)CCCOCCCCCN1CCN(CCOC(C)(C)C)CC1. The Morgan fingerprint density at radius 2 is 1.23 bits per heavy atom. The molecule has 1 rings (SSSR count). The zero-order valence-electron chi connectivity index (χ0n) is 18.6. The average molecular weight is 371 g/mol. The molecule has 0 aromatic heterocycles. The molecule has 4 nitrogen and oxygen atoms in total. The molecule has 0 atom stereocenters. The van der Waals surface area contributed by atoms with Gasteiger partial charge in [-0.25, -0.2) is 0 Å². The normalized spacial score (nSPS) is 17.8. The van der Waals surface area contributed by atoms with Gasteiger partial charge in [-0.3, -0.25) is 4.90 Å². The van der Waals surface area contributed by atoms with Crippen molar-refractivity contribution in [1.82, 2.24) is 9.80 Å². The van der Waals surface area contributed by atoms with Crippen molar-refractivity contribution in [3.8, 4) is 0 Å². The van der Waals surface area contributed by atoms with Crippen LogP contribution in [0.4, 0.5) is 0 Å². The number of ether oxygens (including phenoxy) is 2. The molecule has 0 aromatic carbocycles. The minimum absolute atomic E-state index is 0.0157. The van der Waals surface area contributed by atoms with E-state index in [9.17, 15) is 0 Å². The van der Waals surface area contributed by atoms with Crippen molar-refractivity contribution in [1.29, 1.82) is 0 Å². The van der Waals surface area contributed by atoms with Crippen molar-refractivity contribution in [2.45, 2.75) is 79.2 Å². The first-order chi connectivity index (χ1) is 12.2. The van der Waals surface area contributed by atoms with Crippen LogP contribution in [-0.2, 0) is 9.47 Å². The Hall–Kier alpha value is -0.160. The number of piperazine rings is 1. The Balaban J connectivity index is 1.89. The summed E-state index contributed by atoms with van der Waals surface area (Å²) >= 11 is 0. The molecule has 0 aromatic rings. The highest BCUT2D eigenvalue weighted by molar-refractivity contribution is 4.72. The summed E-state index contributed by atoms with van der Waals surface area (Å²) in [5.41, 5.74) is 0.422. The fourth-order valence-corrected chi connectivity index (χ4v) is 3.24. The summed E-state index contributed by atoms with van der Waals surface area (Å²) in [6, 6.07) is 0. The van der Waals surface area contributed by atoms with E-state index < -0.39 is 0 Å². The van der Waals surface area contributed by atoms with Crippen molar-refractivity contribution in [3.63, 3.8) is 0 Å². The Bertz CT molecular complexity index is 339. The Kier molecular flexibility index (Phi) is 11.3. The summed E-state index contributed by atoms with van der Waals surface area (Å²) in [5.74, 6) is 0. The van der Waals surface area contributed by atoms with Gasteiger partial charge in [0.15, 0.2) is 0 Å². The van der Waals surface area contributed by atoms with E-state index in [0.29, 0.717) is 5.41 Å². The van der Waals surface area contributed by atoms with Crippen molar-refractivity contribution in [2.75, 3.05) is 59.1 Å². The van der Waals surface area contributed by atoms with Crippen LogP contribution in [0.5, 0.6) is 0 Å². The molecule has 0 aliphatic carbocycles. The first kappa shape index (κ1) is 23.9. The smallest absolute Gasteiger partial charge is 0.0600 e. The fourth-order valence-electron chi connectivity index (χ4n) is 3.24. The monoisotopic (exact) mass is 370 g/mol. The quantitative estimate of drug-likeness (QED) is 0.474. The predicted molar refractivity (Wildman–Crippen MR) is 112 cm³/mol. The van der Waals surface area contributed by atoms with Gasteiger partial charge in [-0.15, -0.1) is 0 Å². The largest absolute Gasteiger partial charge is 0.381 e. The fraction of sp³-hybridized carbons (Fsp3) is 1.00. The van der Waals surface area contributed by atoms with Gasteiger partial charge in [-0.2, -0.15) is 0 Å². The Labute approximate surface area is 163 Å². The third kappa shape index (κ3) is 14.0. The Morgan fingerprint density at radius 3 is 1.81 bits per heavy atom. The van der Waals surface area contributed by atoms with E-state index in [1.165, 1.54) is 64.8 Å². The van der Waals surface area contributed by atoms with E-state index in [4.69, 9.17) is 9.47 Å². The van der Waals surface area contributed by atoms with E-state index in [1.807, 2.05) is 0 Å². The molecule has 1 fully saturated rings. The van der Waals surface area contributed by atoms with Crippen LogP contribution < -0.4 is 0 Å². The van der Waals surface area contributed by atoms with Gasteiger partial charge >= 0.3 is 0 Å². The molecule has 0 radical (unpaired) electrons. The van der Waals surface area contributed by atoms with E-state index in [1.54, 1.807) is 0 Å². The molecule has 156 valence electrons. The zero-order valence-corrected chi connectivity index (χ0v) is 18.6. The topological polar surface area (TPSA) is 24.9 Å². The molecule has 0 unspecified atom stereocenters. The highest BCUT2D eigenvalue weighted by Gasteiger charge is 2.17. The third-order valence-corrected chi connectivity index (χ3v) is 4.89. The van der Waals surface area contributed by atoms with E-state index in [2.05, 4.69) is 51.3 Å². The van der Waals surface area contributed by atoms with Gasteiger partial charge in [0.2, 0.25) is 0 Å². The van der Waals surface area contributed by atoms with Gasteiger partial charge in [0.25, 0.3) is 0 Å². The van der Waals surface area contributed by atoms with Crippen LogP contribution in [0.15, 0.2) is 0 Å². The maximum atomic E-state index is 5.84. The number of hydrogen-bond acceptors (Lipinski definition) is 4. The summed E-state index contributed by atoms with van der Waals surface area (Å²) < 4.78 is 11.6. The molecule has 1 saturated heterocycles. The minimum Gasteiger partial charge on any atom is -0.381 e. The standard InChI is InChI=1S/C22H46N2O2/c1-21(2,3)11-10-19-25-18-9-7-8-12-23-13-15-24(16-14-23)17-20-26-22(4,5)6/h7-20H2,1-6H3. The summed E-state index contributed by atoms with van der Waals surface area (Å²) in [6.07, 6.45) is 6.24. The molecule has 0 saturated carbocycles. The number of unbranched alkanes of at least 4 members (excludes halogenated alkanes) is 2. The molecule has 1 heterocycles. The molecule has 4 heteroatoms. The van der Waals surface area contributed by atoms with Gasteiger partial charge in [-0.1, -0.05) is 20.8 Å². The second kappa shape index (κ2) is 12.3. The lowest BCUT2D eigenvalue weighted by Crippen LogP contribution is -2.47. The van der Waals surface area contributed by atoms with Crippen LogP contribution in [0.1, 0.15) is 73.6 Å². The first-order valence-corrected chi connectivity index (χ1v) is 10.8. The highest BCUT2D eigenvalue weighted by Crippen LogP contribution is 2.20. The van der Waals surface area contributed by atoms with E-state index >= 15 is 0 Å². The van der Waals surface area contributed by atoms with Gasteiger partial charge in [0.1, 0.15) is 0 Å². The lowest BCUT2D eigenvalue weighted by molar-refractivity contribution is -0.0178. The number of nitrogens with zero attached hydrogens (tertiary/aromatic N) is 2. The molecule has 1 aliphatic heterocycles. The summed E-state index contributed by atoms with van der Waals surface area (Å²) in [7, 11) is 0. The number of hydrogen-bond donors (Lipinski definition) is 0. The molecule has 0 spiro atoms. The van der Waals surface area contributed by atoms with Gasteiger partial charge in [-0.05, 0) is 64.8 Å². The number of rotatable bonds is 12. The minimum atomic E-state index is -0.0157. The maximum Gasteiger partial charge on any atom is 0.0600 e. The predicted octanol–water partition coefficient (Wildman–Crippen LogP) is 4.43. The zero-order chi connectivity index (χ0) is 19.5. The van der Waals surface area contributed by atoms with Gasteiger partial charge in [0, 0.05) is 45.9 Å². The average Bonchev–Trinajstić information content (AvgIpc) is 2.52. The van der Waals surface area contributed by atoms with Crippen LogP contribution in [-0.4, -0.2) is 74.5 Å². The third-order valence-electron chi connectivity index (χ3n) is 4.89. The molecule has 1 aliphatic rings. The van der Waals surface area contributed by atoms with Crippen LogP contribution >= 0.6 is 0 Å². The molecule has 0 bridgehead atoms. The van der Waals surface area contributed by atoms with Crippen molar-refractivity contribution in [2.24, 2.45) is 5.41 Å². The van der Waals surface area contributed by atoms with Crippen LogP contribution in [0, 0.1) is 5.41 Å². The second-order valence-electron chi connectivity index (χ2n) is 9.98. The van der Waals surface area contributed by atoms with E-state index in [-0.39, 0.29) is 5.60 Å². The molecular weight excluding hydrogens is 324 g/mol. The first-order valence-electron chi connectivity index (χ1n) is 10.8. The molecule has 26 heavy (non-hydrogen) atoms. The lowest BCUT2D eigenvalue weighted by atomic mass is 9.91. The molecule has 0 amide bonds. The summed E-state index contributed by atoms with van der Waals surface area (Å²) in [4.78, 5) is 5.15. The van der Waals surface area contributed by atoms with E-state index in [0.717, 1.165) is 26.4 Å². The lowest BCUT2D eigenvalue weighted by Gasteiger charge is -2.35. The summed E-state index contributed by atoms with van der Waals surface area (Å²) in [5, 5.41) is 0. The summed E-state index contributed by atoms with van der Waals surface area (Å²) in [6.45, 7) is 23.1. The second-order valence-corrected chi connectivity index (χ2v) is 9.98. The van der Waals surface area contributed by atoms with Crippen molar-refractivity contribution in [3.05, 3.63) is 0 Å². The van der Waals surface area contributed by atoms with Gasteiger partial charge < -0.3 is 14.4 Å². The maximum absolute atomic E-state index is 5.84. The highest BCUT2D eigenvalue weighted by atomic mass is 16.5. The Morgan fingerprint density at radius 1 is 0.654 bits per heavy atom. The molecular formula is C22H46N2O2. The molecule has 0 N–H and O–H groups in total. The van der Waals surface area contributed by atoms with Crippen LogP contribution in [0.25, 0.3) is 0 Å². The van der Waals surface area contributed by atoms with Crippen LogP contribution in [0.2, 0.25) is 0 Å². The van der Waals surface area contributed by atoms with Crippen LogP contribution in [0.3, 0.4) is 0 Å².